The van der Waals surface area contributed by atoms with Crippen LogP contribution in [0.25, 0.3) is 0 Å². The second-order valence-corrected chi connectivity index (χ2v) is 8.76. The predicted octanol–water partition coefficient (Wildman–Crippen LogP) is 6.33. The number of fused-ring (bicyclic) bond motifs is 2. The minimum absolute atomic E-state index is 0.0498. The van der Waals surface area contributed by atoms with E-state index in [0.29, 0.717) is 11.1 Å². The molecule has 6 heteroatoms. The van der Waals surface area contributed by atoms with Crippen molar-refractivity contribution < 1.29 is 0 Å². The van der Waals surface area contributed by atoms with Crippen LogP contribution in [0.5, 0.6) is 0 Å². The zero-order valence-electron chi connectivity index (χ0n) is 17.4. The van der Waals surface area contributed by atoms with Gasteiger partial charge in [0.2, 0.25) is 0 Å². The topological polar surface area (TPSA) is 52.9 Å². The number of benzene rings is 2. The number of halogens is 1. The summed E-state index contributed by atoms with van der Waals surface area (Å²) in [6.45, 7) is 0. The van der Waals surface area contributed by atoms with E-state index in [1.54, 1.807) is 6.20 Å². The van der Waals surface area contributed by atoms with Gasteiger partial charge in [-0.3, -0.25) is 9.98 Å². The van der Waals surface area contributed by atoms with E-state index in [9.17, 15) is 0 Å². The number of pyridine rings is 1. The maximum atomic E-state index is 6.37. The molecule has 1 aliphatic heterocycles. The van der Waals surface area contributed by atoms with Gasteiger partial charge in [0.15, 0.2) is 0 Å². The molecule has 1 N–H and O–H groups in total. The van der Waals surface area contributed by atoms with E-state index in [4.69, 9.17) is 21.6 Å². The number of hydrogen-bond acceptors (Lipinski definition) is 5. The number of rotatable bonds is 4. The number of para-hydroxylation sites is 2. The highest BCUT2D eigenvalue weighted by molar-refractivity contribution is 6.31. The van der Waals surface area contributed by atoms with E-state index < -0.39 is 0 Å². The lowest BCUT2D eigenvalue weighted by Gasteiger charge is -2.37. The molecule has 1 fully saturated rings. The highest BCUT2D eigenvalue weighted by atomic mass is 35.5. The summed E-state index contributed by atoms with van der Waals surface area (Å²) in [7, 11) is 0. The average molecular weight is 440 g/mol. The molecule has 158 valence electrons. The van der Waals surface area contributed by atoms with E-state index in [1.807, 2.05) is 48.7 Å². The van der Waals surface area contributed by atoms with Crippen LogP contribution in [0.1, 0.15) is 19.3 Å². The molecule has 1 saturated carbocycles. The third-order valence-electron chi connectivity index (χ3n) is 5.90. The van der Waals surface area contributed by atoms with Crippen molar-refractivity contribution in [3.8, 4) is 0 Å². The highest BCUT2D eigenvalue weighted by Gasteiger charge is 2.34. The van der Waals surface area contributed by atoms with E-state index in [2.05, 4.69) is 39.5 Å². The molecular formula is C26H22ClN5. The Kier molecular flexibility index (Phi) is 4.76. The summed E-state index contributed by atoms with van der Waals surface area (Å²) in [6.07, 6.45) is 8.91. The van der Waals surface area contributed by atoms with E-state index in [0.717, 1.165) is 59.1 Å². The van der Waals surface area contributed by atoms with Gasteiger partial charge in [-0.15, -0.1) is 0 Å². The second kappa shape index (κ2) is 7.92. The lowest BCUT2D eigenvalue weighted by atomic mass is 9.92. The first-order chi connectivity index (χ1) is 15.7. The highest BCUT2D eigenvalue weighted by Crippen LogP contribution is 2.43. The van der Waals surface area contributed by atoms with Crippen LogP contribution in [0.4, 0.5) is 22.7 Å². The Morgan fingerprint density at radius 3 is 2.75 bits per heavy atom. The van der Waals surface area contributed by atoms with Crippen molar-refractivity contribution in [2.75, 3.05) is 10.2 Å². The van der Waals surface area contributed by atoms with Crippen LogP contribution in [-0.2, 0) is 0 Å². The smallest absolute Gasteiger partial charge is 0.0874 e. The van der Waals surface area contributed by atoms with Gasteiger partial charge in [0.1, 0.15) is 0 Å². The molecule has 3 aliphatic rings. The van der Waals surface area contributed by atoms with E-state index in [1.165, 1.54) is 0 Å². The number of aliphatic imine (C=N–C) groups is 2. The Labute approximate surface area is 192 Å². The summed E-state index contributed by atoms with van der Waals surface area (Å²) in [5, 5.41) is 4.34. The summed E-state index contributed by atoms with van der Waals surface area (Å²) in [6, 6.07) is 20.7. The molecule has 1 atom stereocenters. The van der Waals surface area contributed by atoms with E-state index >= 15 is 0 Å². The normalized spacial score (nSPS) is 20.8. The summed E-state index contributed by atoms with van der Waals surface area (Å²) < 4.78 is 0. The molecule has 0 saturated heterocycles. The molecule has 0 amide bonds. The van der Waals surface area contributed by atoms with Crippen molar-refractivity contribution in [3.05, 3.63) is 89.9 Å². The molecule has 0 radical (unpaired) electrons. The van der Waals surface area contributed by atoms with Gasteiger partial charge in [-0.1, -0.05) is 29.8 Å². The quantitative estimate of drug-likeness (QED) is 0.516. The van der Waals surface area contributed by atoms with Gasteiger partial charge in [-0.05, 0) is 61.4 Å². The number of allylic oxidation sites excluding steroid dienone is 1. The van der Waals surface area contributed by atoms with Crippen LogP contribution in [-0.4, -0.2) is 28.5 Å². The van der Waals surface area contributed by atoms with Crippen molar-refractivity contribution in [2.45, 2.75) is 31.3 Å². The van der Waals surface area contributed by atoms with Crippen LogP contribution in [0.15, 0.2) is 94.8 Å². The van der Waals surface area contributed by atoms with Crippen molar-refractivity contribution in [1.82, 2.24) is 4.98 Å². The van der Waals surface area contributed by atoms with Gasteiger partial charge in [0.05, 0.1) is 46.3 Å². The Balaban J connectivity index is 1.48. The third kappa shape index (κ3) is 3.69. The molecule has 32 heavy (non-hydrogen) atoms. The van der Waals surface area contributed by atoms with Crippen LogP contribution in [0.3, 0.4) is 0 Å². The van der Waals surface area contributed by atoms with Gasteiger partial charge in [0.25, 0.3) is 0 Å². The molecule has 2 heterocycles. The Morgan fingerprint density at radius 2 is 1.94 bits per heavy atom. The third-order valence-corrected chi connectivity index (χ3v) is 6.14. The van der Waals surface area contributed by atoms with Crippen LogP contribution >= 0.6 is 11.6 Å². The van der Waals surface area contributed by atoms with Crippen LogP contribution in [0, 0.1) is 0 Å². The van der Waals surface area contributed by atoms with Crippen LogP contribution in [0.2, 0.25) is 5.02 Å². The number of nitrogens with one attached hydrogen (secondary N) is 1. The summed E-state index contributed by atoms with van der Waals surface area (Å²) in [4.78, 5) is 16.6. The first kappa shape index (κ1) is 19.3. The predicted molar refractivity (Wildman–Crippen MR) is 132 cm³/mol. The minimum atomic E-state index is 0.0498. The number of nitrogens with zero attached hydrogens (tertiary/aromatic N) is 4. The van der Waals surface area contributed by atoms with Crippen molar-refractivity contribution in [3.63, 3.8) is 0 Å². The Hall–Kier alpha value is -3.44. The lowest BCUT2D eigenvalue weighted by Crippen LogP contribution is -2.40. The lowest BCUT2D eigenvalue weighted by molar-refractivity contribution is 0.919. The fourth-order valence-corrected chi connectivity index (χ4v) is 4.44. The molecule has 5 nitrogen and oxygen atoms in total. The van der Waals surface area contributed by atoms with Crippen molar-refractivity contribution >= 4 is 45.8 Å². The van der Waals surface area contributed by atoms with Crippen molar-refractivity contribution in [1.29, 1.82) is 0 Å². The number of anilines is 3. The molecule has 0 spiro atoms. The fraction of sp³-hybridized carbons (Fsp3) is 0.192. The van der Waals surface area contributed by atoms with Gasteiger partial charge in [-0.2, -0.15) is 0 Å². The molecular weight excluding hydrogens is 418 g/mol. The molecule has 6 rings (SSSR count). The average Bonchev–Trinajstić information content (AvgIpc) is 3.63. The van der Waals surface area contributed by atoms with Crippen molar-refractivity contribution in [2.24, 2.45) is 9.98 Å². The Bertz CT molecular complexity index is 1260. The standard InChI is InChI=1S/C26H22ClN5/c27-17-5-3-7-20(13-17)32-25-9-2-1-8-21(25)31-24-14-22(30-19-6-4-12-28-16-19)23(15-26(24)32)29-18-10-11-18/h1-9,12-13,15-16,18,22,30H,10-11,14H2. The van der Waals surface area contributed by atoms with E-state index in [-0.39, 0.29) is 6.04 Å². The maximum Gasteiger partial charge on any atom is 0.0874 e. The van der Waals surface area contributed by atoms with Gasteiger partial charge in [0, 0.05) is 29.5 Å². The Morgan fingerprint density at radius 1 is 1.03 bits per heavy atom. The molecule has 1 unspecified atom stereocenters. The van der Waals surface area contributed by atoms with Gasteiger partial charge in [-0.25, -0.2) is 4.99 Å². The van der Waals surface area contributed by atoms with Gasteiger partial charge >= 0.3 is 0 Å². The van der Waals surface area contributed by atoms with Crippen LogP contribution < -0.4 is 10.2 Å². The summed E-state index contributed by atoms with van der Waals surface area (Å²) >= 11 is 6.37. The second-order valence-electron chi connectivity index (χ2n) is 8.32. The van der Waals surface area contributed by atoms with Gasteiger partial charge < -0.3 is 10.2 Å². The first-order valence-corrected chi connectivity index (χ1v) is 11.3. The maximum absolute atomic E-state index is 6.37. The number of hydrogen-bond donors (Lipinski definition) is 1. The summed E-state index contributed by atoms with van der Waals surface area (Å²) in [5.41, 5.74) is 7.19. The SMILES string of the molecule is Clc1cccc(N2C3=CC(=NC4CC4)C(Nc4cccnc4)CC3=Nc3ccccc32)c1. The largest absolute Gasteiger partial charge is 0.375 e. The fourth-order valence-electron chi connectivity index (χ4n) is 4.26. The minimum Gasteiger partial charge on any atom is -0.375 e. The molecule has 2 aromatic carbocycles. The molecule has 1 aromatic heterocycles. The number of aromatic nitrogens is 1. The zero-order valence-corrected chi connectivity index (χ0v) is 18.2. The monoisotopic (exact) mass is 439 g/mol. The summed E-state index contributed by atoms with van der Waals surface area (Å²) in [5.74, 6) is 0. The zero-order chi connectivity index (χ0) is 21.5. The molecule has 0 bridgehead atoms. The molecule has 3 aromatic rings. The molecule has 2 aliphatic carbocycles. The first-order valence-electron chi connectivity index (χ1n) is 10.9.